The number of rotatable bonds is 1. The summed E-state index contributed by atoms with van der Waals surface area (Å²) in [5.74, 6) is 0.0674. The van der Waals surface area contributed by atoms with Crippen LogP contribution >= 0.6 is 0 Å². The maximum absolute atomic E-state index is 12.7. The number of β-amino-alcohol motifs (C(OH)–C–C–N with tert-alkyl or cyclic N) is 1. The molecule has 1 aromatic rings. The second kappa shape index (κ2) is 4.97. The number of carbonyl (C=O) groups is 1. The monoisotopic (exact) mass is 261 g/mol. The number of amides is 1. The Morgan fingerprint density at radius 1 is 1.00 bits per heavy atom. The van der Waals surface area contributed by atoms with E-state index in [0.717, 1.165) is 16.7 Å². The quantitative estimate of drug-likeness (QED) is 0.843. The summed E-state index contributed by atoms with van der Waals surface area (Å²) in [6, 6.07) is 0. The van der Waals surface area contributed by atoms with E-state index in [1.54, 1.807) is 4.90 Å². The molecule has 0 bridgehead atoms. The van der Waals surface area contributed by atoms with Gasteiger partial charge >= 0.3 is 0 Å². The van der Waals surface area contributed by atoms with Crippen LogP contribution in [0, 0.1) is 34.6 Å². The molecular formula is C16H23NO2. The van der Waals surface area contributed by atoms with Crippen molar-refractivity contribution in [2.75, 3.05) is 13.1 Å². The highest BCUT2D eigenvalue weighted by Gasteiger charge is 2.28. The molecule has 1 saturated heterocycles. The third kappa shape index (κ3) is 2.27. The molecule has 19 heavy (non-hydrogen) atoms. The molecule has 1 amide bonds. The molecule has 3 heteroatoms. The van der Waals surface area contributed by atoms with E-state index >= 15 is 0 Å². The highest BCUT2D eigenvalue weighted by molar-refractivity contribution is 5.98. The number of hydrogen-bond donors (Lipinski definition) is 1. The number of hydrogen-bond acceptors (Lipinski definition) is 2. The Morgan fingerprint density at radius 2 is 1.47 bits per heavy atom. The van der Waals surface area contributed by atoms with E-state index in [-0.39, 0.29) is 12.0 Å². The summed E-state index contributed by atoms with van der Waals surface area (Å²) < 4.78 is 0. The second-order valence-electron chi connectivity index (χ2n) is 5.69. The summed E-state index contributed by atoms with van der Waals surface area (Å²) in [6.45, 7) is 11.4. The Hall–Kier alpha value is -1.35. The average molecular weight is 261 g/mol. The molecule has 1 heterocycles. The van der Waals surface area contributed by atoms with Crippen LogP contribution in [0.2, 0.25) is 0 Å². The van der Waals surface area contributed by atoms with Crippen molar-refractivity contribution in [2.24, 2.45) is 0 Å². The normalized spacial score (nSPS) is 19.1. The first-order valence-corrected chi connectivity index (χ1v) is 6.88. The highest BCUT2D eigenvalue weighted by Crippen LogP contribution is 2.28. The lowest BCUT2D eigenvalue weighted by Crippen LogP contribution is -2.31. The summed E-state index contributed by atoms with van der Waals surface area (Å²) in [4.78, 5) is 14.4. The molecule has 104 valence electrons. The zero-order chi connectivity index (χ0) is 14.3. The average Bonchev–Trinajstić information content (AvgIpc) is 2.81. The minimum Gasteiger partial charge on any atom is -0.391 e. The van der Waals surface area contributed by atoms with Gasteiger partial charge in [-0.2, -0.15) is 0 Å². The van der Waals surface area contributed by atoms with E-state index in [9.17, 15) is 9.90 Å². The highest BCUT2D eigenvalue weighted by atomic mass is 16.3. The summed E-state index contributed by atoms with van der Waals surface area (Å²) in [5, 5.41) is 9.59. The molecule has 0 aromatic heterocycles. The molecule has 1 aliphatic rings. The number of carbonyl (C=O) groups excluding carboxylic acids is 1. The number of likely N-dealkylation sites (tertiary alicyclic amines) is 1. The molecule has 1 N–H and O–H groups in total. The first-order valence-electron chi connectivity index (χ1n) is 6.88. The predicted molar refractivity (Wildman–Crippen MR) is 76.7 cm³/mol. The third-order valence-corrected chi connectivity index (χ3v) is 4.66. The van der Waals surface area contributed by atoms with Gasteiger partial charge in [-0.05, 0) is 68.9 Å². The zero-order valence-electron chi connectivity index (χ0n) is 12.5. The molecule has 0 radical (unpaired) electrons. The minimum absolute atomic E-state index is 0.0674. The Morgan fingerprint density at radius 3 is 1.89 bits per heavy atom. The number of aliphatic hydroxyl groups is 1. The van der Waals surface area contributed by atoms with Crippen LogP contribution in [-0.2, 0) is 0 Å². The van der Waals surface area contributed by atoms with Gasteiger partial charge in [0, 0.05) is 18.7 Å². The van der Waals surface area contributed by atoms with Gasteiger partial charge in [0.2, 0.25) is 0 Å². The maximum Gasteiger partial charge on any atom is 0.254 e. The van der Waals surface area contributed by atoms with Gasteiger partial charge < -0.3 is 10.0 Å². The standard InChI is InChI=1S/C16H23NO2/c1-9-10(2)12(4)15(13(5)11(9)3)16(19)17-7-6-14(18)8-17/h14,18H,6-8H2,1-5H3. The lowest BCUT2D eigenvalue weighted by atomic mass is 9.89. The van der Waals surface area contributed by atoms with Gasteiger partial charge in [0.1, 0.15) is 0 Å². The van der Waals surface area contributed by atoms with Gasteiger partial charge in [-0.15, -0.1) is 0 Å². The SMILES string of the molecule is Cc1c(C)c(C)c(C(=O)N2CCC(O)C2)c(C)c1C. The molecule has 1 unspecified atom stereocenters. The molecule has 0 saturated carbocycles. The van der Waals surface area contributed by atoms with E-state index in [4.69, 9.17) is 0 Å². The van der Waals surface area contributed by atoms with Crippen molar-refractivity contribution in [2.45, 2.75) is 47.1 Å². The van der Waals surface area contributed by atoms with E-state index < -0.39 is 0 Å². The Balaban J connectivity index is 2.48. The first-order chi connectivity index (χ1) is 8.84. The Labute approximate surface area is 115 Å². The van der Waals surface area contributed by atoms with Gasteiger partial charge in [0.05, 0.1) is 6.10 Å². The van der Waals surface area contributed by atoms with Crippen LogP contribution in [0.5, 0.6) is 0 Å². The van der Waals surface area contributed by atoms with Crippen molar-refractivity contribution < 1.29 is 9.90 Å². The molecule has 2 rings (SSSR count). The Bertz CT molecular complexity index is 505. The van der Waals surface area contributed by atoms with Crippen molar-refractivity contribution in [3.8, 4) is 0 Å². The predicted octanol–water partition coefficient (Wildman–Crippen LogP) is 2.44. The van der Waals surface area contributed by atoms with Crippen molar-refractivity contribution in [1.82, 2.24) is 4.90 Å². The fourth-order valence-corrected chi connectivity index (χ4v) is 2.91. The minimum atomic E-state index is -0.364. The van der Waals surface area contributed by atoms with Crippen molar-refractivity contribution >= 4 is 5.91 Å². The molecule has 1 aromatic carbocycles. The van der Waals surface area contributed by atoms with Crippen LogP contribution in [0.15, 0.2) is 0 Å². The first kappa shape index (κ1) is 14.1. The zero-order valence-corrected chi connectivity index (χ0v) is 12.5. The largest absolute Gasteiger partial charge is 0.391 e. The number of aliphatic hydroxyl groups excluding tert-OH is 1. The van der Waals surface area contributed by atoms with E-state index in [0.29, 0.717) is 19.5 Å². The van der Waals surface area contributed by atoms with E-state index in [2.05, 4.69) is 20.8 Å². The molecule has 0 aliphatic carbocycles. The molecule has 1 atom stereocenters. The van der Waals surface area contributed by atoms with Gasteiger partial charge in [0.25, 0.3) is 5.91 Å². The van der Waals surface area contributed by atoms with E-state index in [1.807, 2.05) is 13.8 Å². The maximum atomic E-state index is 12.7. The molecule has 3 nitrogen and oxygen atoms in total. The molecular weight excluding hydrogens is 238 g/mol. The van der Waals surface area contributed by atoms with Crippen molar-refractivity contribution in [1.29, 1.82) is 0 Å². The lowest BCUT2D eigenvalue weighted by Gasteiger charge is -2.22. The fraction of sp³-hybridized carbons (Fsp3) is 0.562. The van der Waals surface area contributed by atoms with Crippen LogP contribution in [-0.4, -0.2) is 35.1 Å². The van der Waals surface area contributed by atoms with E-state index in [1.165, 1.54) is 16.7 Å². The second-order valence-corrected chi connectivity index (χ2v) is 5.69. The third-order valence-electron chi connectivity index (χ3n) is 4.66. The van der Waals surface area contributed by atoms with Gasteiger partial charge in [0.15, 0.2) is 0 Å². The van der Waals surface area contributed by atoms with Gasteiger partial charge in [-0.25, -0.2) is 0 Å². The fourth-order valence-electron chi connectivity index (χ4n) is 2.91. The topological polar surface area (TPSA) is 40.5 Å². The molecule has 1 aliphatic heterocycles. The summed E-state index contributed by atoms with van der Waals surface area (Å²) >= 11 is 0. The lowest BCUT2D eigenvalue weighted by molar-refractivity contribution is 0.0763. The summed E-state index contributed by atoms with van der Waals surface area (Å²) in [6.07, 6.45) is 0.324. The van der Waals surface area contributed by atoms with Crippen molar-refractivity contribution in [3.63, 3.8) is 0 Å². The van der Waals surface area contributed by atoms with Gasteiger partial charge in [-0.1, -0.05) is 0 Å². The summed E-state index contributed by atoms with van der Waals surface area (Å²) in [7, 11) is 0. The summed E-state index contributed by atoms with van der Waals surface area (Å²) in [5.41, 5.74) is 6.65. The van der Waals surface area contributed by atoms with Crippen LogP contribution in [0.3, 0.4) is 0 Å². The van der Waals surface area contributed by atoms with Crippen LogP contribution < -0.4 is 0 Å². The van der Waals surface area contributed by atoms with Crippen LogP contribution in [0.25, 0.3) is 0 Å². The van der Waals surface area contributed by atoms with Crippen LogP contribution in [0.4, 0.5) is 0 Å². The van der Waals surface area contributed by atoms with Crippen LogP contribution in [0.1, 0.15) is 44.6 Å². The smallest absolute Gasteiger partial charge is 0.254 e. The number of benzene rings is 1. The Kier molecular flexibility index (Phi) is 3.68. The molecule has 1 fully saturated rings. The van der Waals surface area contributed by atoms with Gasteiger partial charge in [-0.3, -0.25) is 4.79 Å². The number of nitrogens with zero attached hydrogens (tertiary/aromatic N) is 1. The molecule has 0 spiro atoms. The van der Waals surface area contributed by atoms with Crippen molar-refractivity contribution in [3.05, 3.63) is 33.4 Å².